The van der Waals surface area contributed by atoms with Crippen LogP contribution in [0.1, 0.15) is 24.3 Å². The summed E-state index contributed by atoms with van der Waals surface area (Å²) in [5.74, 6) is 0.914. The Morgan fingerprint density at radius 1 is 1.33 bits per heavy atom. The minimum absolute atomic E-state index is 0.110. The molecular weight excluding hydrogens is 310 g/mol. The van der Waals surface area contributed by atoms with E-state index in [9.17, 15) is 4.79 Å². The summed E-state index contributed by atoms with van der Waals surface area (Å²) in [6, 6.07) is 5.71. The van der Waals surface area contributed by atoms with E-state index in [4.69, 9.17) is 13.7 Å². The molecule has 1 amide bonds. The zero-order valence-electron chi connectivity index (χ0n) is 14.3. The summed E-state index contributed by atoms with van der Waals surface area (Å²) in [6.45, 7) is 7.14. The molecule has 0 aromatic carbocycles. The predicted molar refractivity (Wildman–Crippen MR) is 87.6 cm³/mol. The Hall–Kier alpha value is -2.12. The van der Waals surface area contributed by atoms with Crippen molar-refractivity contribution < 1.29 is 18.5 Å². The predicted octanol–water partition coefficient (Wildman–Crippen LogP) is 2.12. The molecule has 0 spiro atoms. The molecule has 0 radical (unpaired) electrons. The highest BCUT2D eigenvalue weighted by Crippen LogP contribution is 2.22. The van der Waals surface area contributed by atoms with E-state index in [1.807, 2.05) is 4.90 Å². The van der Waals surface area contributed by atoms with Gasteiger partial charge in [-0.1, -0.05) is 5.16 Å². The molecular formula is C17H23N3O4. The summed E-state index contributed by atoms with van der Waals surface area (Å²) in [5.41, 5.74) is 0.311. The molecule has 2 atom stereocenters. The molecule has 0 aliphatic carbocycles. The highest BCUT2D eigenvalue weighted by Gasteiger charge is 2.33. The molecule has 24 heavy (non-hydrogen) atoms. The van der Waals surface area contributed by atoms with Gasteiger partial charge >= 0.3 is 0 Å². The normalized spacial score (nSPS) is 22.0. The van der Waals surface area contributed by atoms with E-state index in [1.54, 1.807) is 31.6 Å². The maximum Gasteiger partial charge on any atom is 0.276 e. The Bertz CT molecular complexity index is 655. The summed E-state index contributed by atoms with van der Waals surface area (Å²) in [7, 11) is 1.70. The van der Waals surface area contributed by atoms with E-state index in [1.165, 1.54) is 0 Å². The van der Waals surface area contributed by atoms with E-state index >= 15 is 0 Å². The summed E-state index contributed by atoms with van der Waals surface area (Å²) in [6.07, 6.45) is 1.56. The van der Waals surface area contributed by atoms with Crippen molar-refractivity contribution in [2.75, 3.05) is 33.4 Å². The first kappa shape index (κ1) is 16.7. The van der Waals surface area contributed by atoms with Crippen molar-refractivity contribution in [2.45, 2.75) is 25.9 Å². The van der Waals surface area contributed by atoms with Gasteiger partial charge in [-0.25, -0.2) is 0 Å². The molecule has 2 unspecified atom stereocenters. The lowest BCUT2D eigenvalue weighted by Gasteiger charge is -2.44. The van der Waals surface area contributed by atoms with Crippen molar-refractivity contribution in [1.82, 2.24) is 15.0 Å². The molecule has 1 fully saturated rings. The molecule has 3 heterocycles. The van der Waals surface area contributed by atoms with E-state index in [-0.39, 0.29) is 18.0 Å². The summed E-state index contributed by atoms with van der Waals surface area (Å²) in [5, 5.41) is 3.91. The lowest BCUT2D eigenvalue weighted by Crippen LogP contribution is -2.58. The maximum atomic E-state index is 12.7. The number of hydrogen-bond donors (Lipinski definition) is 0. The number of piperazine rings is 1. The molecule has 0 saturated carbocycles. The SMILES string of the molecule is COCCN1C(C)CN(C(=O)c2cc(-c3ccco3)on2)CC1C. The average molecular weight is 333 g/mol. The van der Waals surface area contributed by atoms with Crippen LogP contribution in [-0.2, 0) is 4.74 Å². The van der Waals surface area contributed by atoms with Gasteiger partial charge in [0.2, 0.25) is 5.76 Å². The first-order valence-corrected chi connectivity index (χ1v) is 8.14. The molecule has 1 aliphatic rings. The molecule has 7 nitrogen and oxygen atoms in total. The molecule has 1 saturated heterocycles. The Morgan fingerprint density at radius 3 is 2.71 bits per heavy atom. The summed E-state index contributed by atoms with van der Waals surface area (Å²) in [4.78, 5) is 16.9. The zero-order chi connectivity index (χ0) is 17.1. The number of hydrogen-bond acceptors (Lipinski definition) is 6. The Kier molecular flexibility index (Phi) is 5.01. The lowest BCUT2D eigenvalue weighted by molar-refractivity contribution is 0.0188. The van der Waals surface area contributed by atoms with Crippen LogP contribution in [-0.4, -0.2) is 66.3 Å². The van der Waals surface area contributed by atoms with Crippen LogP contribution in [0.4, 0.5) is 0 Å². The van der Waals surface area contributed by atoms with Crippen molar-refractivity contribution >= 4 is 5.91 Å². The fraction of sp³-hybridized carbons (Fsp3) is 0.529. The van der Waals surface area contributed by atoms with Crippen LogP contribution in [0.2, 0.25) is 0 Å². The van der Waals surface area contributed by atoms with Crippen LogP contribution in [0.25, 0.3) is 11.5 Å². The van der Waals surface area contributed by atoms with E-state index in [0.717, 1.165) is 6.54 Å². The smallest absolute Gasteiger partial charge is 0.276 e. The van der Waals surface area contributed by atoms with Crippen LogP contribution in [0, 0.1) is 0 Å². The highest BCUT2D eigenvalue weighted by molar-refractivity contribution is 5.93. The maximum absolute atomic E-state index is 12.7. The van der Waals surface area contributed by atoms with Crippen molar-refractivity contribution in [3.63, 3.8) is 0 Å². The van der Waals surface area contributed by atoms with Gasteiger partial charge in [0.15, 0.2) is 11.5 Å². The fourth-order valence-electron chi connectivity index (χ4n) is 3.23. The van der Waals surface area contributed by atoms with Crippen LogP contribution < -0.4 is 0 Å². The number of ether oxygens (including phenoxy) is 1. The topological polar surface area (TPSA) is 72.0 Å². The largest absolute Gasteiger partial charge is 0.461 e. The molecule has 2 aromatic rings. The number of methoxy groups -OCH3 is 1. The fourth-order valence-corrected chi connectivity index (χ4v) is 3.23. The van der Waals surface area contributed by atoms with Crippen molar-refractivity contribution in [3.8, 4) is 11.5 Å². The van der Waals surface area contributed by atoms with Crippen LogP contribution >= 0.6 is 0 Å². The quantitative estimate of drug-likeness (QED) is 0.834. The Balaban J connectivity index is 1.68. The summed E-state index contributed by atoms with van der Waals surface area (Å²) < 4.78 is 15.7. The van der Waals surface area contributed by atoms with Gasteiger partial charge in [0.1, 0.15) is 0 Å². The molecule has 2 aromatic heterocycles. The molecule has 3 rings (SSSR count). The van der Waals surface area contributed by atoms with Gasteiger partial charge in [-0.3, -0.25) is 9.69 Å². The van der Waals surface area contributed by atoms with Gasteiger partial charge < -0.3 is 18.6 Å². The van der Waals surface area contributed by atoms with Gasteiger partial charge in [0.05, 0.1) is 12.9 Å². The Labute approximate surface area is 141 Å². The van der Waals surface area contributed by atoms with Gasteiger partial charge in [-0.15, -0.1) is 0 Å². The number of furan rings is 1. The highest BCUT2D eigenvalue weighted by atomic mass is 16.5. The lowest BCUT2D eigenvalue weighted by atomic mass is 10.1. The first-order valence-electron chi connectivity index (χ1n) is 8.14. The standard InChI is InChI=1S/C17H23N3O4/c1-12-10-19(11-13(2)20(12)6-8-22-3)17(21)14-9-16(24-18-14)15-5-4-7-23-15/h4-5,7,9,12-13H,6,8,10-11H2,1-3H3. The third-order valence-electron chi connectivity index (χ3n) is 4.44. The first-order chi connectivity index (χ1) is 11.6. The summed E-state index contributed by atoms with van der Waals surface area (Å²) >= 11 is 0. The van der Waals surface area contributed by atoms with E-state index < -0.39 is 0 Å². The van der Waals surface area contributed by atoms with Crippen molar-refractivity contribution in [3.05, 3.63) is 30.2 Å². The number of carbonyl (C=O) groups excluding carboxylic acids is 1. The molecule has 1 aliphatic heterocycles. The number of carbonyl (C=O) groups is 1. The molecule has 130 valence electrons. The van der Waals surface area contributed by atoms with E-state index in [0.29, 0.717) is 36.9 Å². The number of rotatable bonds is 5. The number of aromatic nitrogens is 1. The molecule has 0 N–H and O–H groups in total. The minimum atomic E-state index is -0.110. The second kappa shape index (κ2) is 7.19. The van der Waals surface area contributed by atoms with Crippen molar-refractivity contribution in [2.24, 2.45) is 0 Å². The third kappa shape index (κ3) is 3.37. The third-order valence-corrected chi connectivity index (χ3v) is 4.44. The van der Waals surface area contributed by atoms with Crippen molar-refractivity contribution in [1.29, 1.82) is 0 Å². The number of nitrogens with zero attached hydrogens (tertiary/aromatic N) is 3. The average Bonchev–Trinajstić information content (AvgIpc) is 3.24. The monoisotopic (exact) mass is 333 g/mol. The van der Waals surface area contributed by atoms with Gasteiger partial charge in [0, 0.05) is 44.9 Å². The van der Waals surface area contributed by atoms with Gasteiger partial charge in [-0.2, -0.15) is 0 Å². The Morgan fingerprint density at radius 2 is 2.08 bits per heavy atom. The second-order valence-electron chi connectivity index (χ2n) is 6.19. The van der Waals surface area contributed by atoms with Crippen LogP contribution in [0.15, 0.2) is 33.4 Å². The molecule has 0 bridgehead atoms. The van der Waals surface area contributed by atoms with Crippen LogP contribution in [0.5, 0.6) is 0 Å². The second-order valence-corrected chi connectivity index (χ2v) is 6.19. The van der Waals surface area contributed by atoms with E-state index in [2.05, 4.69) is 23.9 Å². The number of amides is 1. The van der Waals surface area contributed by atoms with Gasteiger partial charge in [0.25, 0.3) is 5.91 Å². The van der Waals surface area contributed by atoms with Crippen LogP contribution in [0.3, 0.4) is 0 Å². The molecule has 7 heteroatoms. The van der Waals surface area contributed by atoms with Gasteiger partial charge in [-0.05, 0) is 26.0 Å². The minimum Gasteiger partial charge on any atom is -0.461 e. The zero-order valence-corrected chi connectivity index (χ0v) is 14.3.